The van der Waals surface area contributed by atoms with Crippen LogP contribution < -0.4 is 16.4 Å². The number of anilines is 3. The predicted molar refractivity (Wildman–Crippen MR) is 123 cm³/mol. The molecule has 4 aromatic rings. The fourth-order valence-corrected chi connectivity index (χ4v) is 3.70. The first-order chi connectivity index (χ1) is 15.7. The lowest BCUT2D eigenvalue weighted by atomic mass is 9.92. The Morgan fingerprint density at radius 2 is 2.00 bits per heavy atom. The van der Waals surface area contributed by atoms with Crippen LogP contribution in [0.5, 0.6) is 0 Å². The molecule has 0 radical (unpaired) electrons. The van der Waals surface area contributed by atoms with Crippen molar-refractivity contribution in [3.8, 4) is 11.1 Å². The third kappa shape index (κ3) is 3.99. The zero-order valence-corrected chi connectivity index (χ0v) is 18.5. The SMILES string of the molecule is CC(C)(C)c1cc(NC(=O)Nc2ccc(-c3cn(C4CC4)c4ncnc(N)c34)cc2F)on1. The molecule has 5 rings (SSSR count). The van der Waals surface area contributed by atoms with E-state index in [0.29, 0.717) is 28.5 Å². The van der Waals surface area contributed by atoms with E-state index >= 15 is 0 Å². The molecule has 3 heterocycles. The number of hydrogen-bond acceptors (Lipinski definition) is 6. The largest absolute Gasteiger partial charge is 0.383 e. The molecule has 1 aliphatic rings. The zero-order chi connectivity index (χ0) is 23.3. The molecule has 0 aliphatic heterocycles. The van der Waals surface area contributed by atoms with Gasteiger partial charge in [-0.15, -0.1) is 0 Å². The number of nitrogens with two attached hydrogens (primary N) is 1. The maximum Gasteiger partial charge on any atom is 0.326 e. The molecule has 2 amide bonds. The molecule has 3 aromatic heterocycles. The van der Waals surface area contributed by atoms with Gasteiger partial charge in [0, 0.05) is 29.3 Å². The molecule has 4 N–H and O–H groups in total. The van der Waals surface area contributed by atoms with Crippen LogP contribution in [0.1, 0.15) is 45.3 Å². The smallest absolute Gasteiger partial charge is 0.326 e. The van der Waals surface area contributed by atoms with Crippen LogP contribution in [0.25, 0.3) is 22.2 Å². The van der Waals surface area contributed by atoms with E-state index in [1.54, 1.807) is 12.1 Å². The summed E-state index contributed by atoms with van der Waals surface area (Å²) < 4.78 is 22.1. The average molecular weight is 449 g/mol. The minimum Gasteiger partial charge on any atom is -0.383 e. The van der Waals surface area contributed by atoms with Crippen molar-refractivity contribution in [2.24, 2.45) is 0 Å². The van der Waals surface area contributed by atoms with Crippen LogP contribution in [0.3, 0.4) is 0 Å². The number of hydrogen-bond donors (Lipinski definition) is 3. The zero-order valence-electron chi connectivity index (χ0n) is 18.5. The number of carbonyl (C=O) groups excluding carboxylic acids is 1. The first-order valence-electron chi connectivity index (χ1n) is 10.7. The van der Waals surface area contributed by atoms with E-state index in [1.807, 2.05) is 27.0 Å². The van der Waals surface area contributed by atoms with Crippen molar-refractivity contribution in [3.05, 3.63) is 48.3 Å². The van der Waals surface area contributed by atoms with Crippen molar-refractivity contribution in [1.82, 2.24) is 19.7 Å². The van der Waals surface area contributed by atoms with E-state index < -0.39 is 11.8 Å². The van der Waals surface area contributed by atoms with E-state index in [0.717, 1.165) is 24.1 Å². The molecule has 0 unspecified atom stereocenters. The predicted octanol–water partition coefficient (Wildman–Crippen LogP) is 5.08. The van der Waals surface area contributed by atoms with Crippen LogP contribution in [-0.4, -0.2) is 25.7 Å². The summed E-state index contributed by atoms with van der Waals surface area (Å²) in [4.78, 5) is 20.8. The van der Waals surface area contributed by atoms with Crippen molar-refractivity contribution in [3.63, 3.8) is 0 Å². The minimum atomic E-state index is -0.638. The monoisotopic (exact) mass is 449 g/mol. The Bertz CT molecular complexity index is 1370. The summed E-state index contributed by atoms with van der Waals surface area (Å²) in [5.41, 5.74) is 8.74. The number of urea groups is 1. The molecule has 170 valence electrons. The van der Waals surface area contributed by atoms with Gasteiger partial charge >= 0.3 is 6.03 Å². The van der Waals surface area contributed by atoms with Crippen molar-refractivity contribution in [2.45, 2.75) is 45.1 Å². The summed E-state index contributed by atoms with van der Waals surface area (Å²) >= 11 is 0. The Labute approximate surface area is 189 Å². The van der Waals surface area contributed by atoms with E-state index in [9.17, 15) is 9.18 Å². The number of aromatic nitrogens is 4. The molecular formula is C23H24FN7O2. The van der Waals surface area contributed by atoms with E-state index in [-0.39, 0.29) is 17.0 Å². The Morgan fingerprint density at radius 1 is 1.21 bits per heavy atom. The van der Waals surface area contributed by atoms with Gasteiger partial charge in [0.1, 0.15) is 23.6 Å². The lowest BCUT2D eigenvalue weighted by Crippen LogP contribution is -2.20. The van der Waals surface area contributed by atoms with Crippen molar-refractivity contribution in [2.75, 3.05) is 16.4 Å². The van der Waals surface area contributed by atoms with Gasteiger partial charge in [0.15, 0.2) is 0 Å². The van der Waals surface area contributed by atoms with Crippen LogP contribution in [0.2, 0.25) is 0 Å². The number of rotatable bonds is 4. The molecule has 1 aromatic carbocycles. The highest BCUT2D eigenvalue weighted by Crippen LogP contribution is 2.42. The Kier molecular flexibility index (Phi) is 4.80. The summed E-state index contributed by atoms with van der Waals surface area (Å²) in [6.45, 7) is 5.94. The van der Waals surface area contributed by atoms with Crippen LogP contribution in [0, 0.1) is 5.82 Å². The molecule has 1 saturated carbocycles. The fourth-order valence-electron chi connectivity index (χ4n) is 3.70. The number of benzene rings is 1. The van der Waals surface area contributed by atoms with E-state index in [1.165, 1.54) is 18.5 Å². The van der Waals surface area contributed by atoms with E-state index in [2.05, 4.69) is 30.3 Å². The standard InChI is InChI=1S/C23H24FN7O2/c1-23(2,3)17-9-18(33-30-17)29-22(32)28-16-7-4-12(8-15(16)24)14-10-31(13-5-6-13)21-19(14)20(25)26-11-27-21/h4,7-11,13H,5-6H2,1-3H3,(H2,25,26,27)(H2,28,29,32). The number of fused-ring (bicyclic) bond motifs is 1. The highest BCUT2D eigenvalue weighted by Gasteiger charge is 2.28. The van der Waals surface area contributed by atoms with Gasteiger partial charge in [0.05, 0.1) is 16.8 Å². The lowest BCUT2D eigenvalue weighted by molar-refractivity contribution is 0.261. The molecule has 0 saturated heterocycles. The summed E-state index contributed by atoms with van der Waals surface area (Å²) in [5.74, 6) is -0.0609. The Hall–Kier alpha value is -3.95. The van der Waals surface area contributed by atoms with Gasteiger partial charge in [-0.05, 0) is 30.5 Å². The lowest BCUT2D eigenvalue weighted by Gasteiger charge is -2.12. The van der Waals surface area contributed by atoms with Crippen LogP contribution in [0.4, 0.5) is 26.6 Å². The molecule has 0 atom stereocenters. The quantitative estimate of drug-likeness (QED) is 0.399. The summed E-state index contributed by atoms with van der Waals surface area (Å²) in [6.07, 6.45) is 5.52. The number of nitrogens with zero attached hydrogens (tertiary/aromatic N) is 4. The van der Waals surface area contributed by atoms with Crippen LogP contribution >= 0.6 is 0 Å². The molecule has 9 nitrogen and oxygen atoms in total. The van der Waals surface area contributed by atoms with Crippen LogP contribution in [-0.2, 0) is 5.41 Å². The summed E-state index contributed by atoms with van der Waals surface area (Å²) in [5, 5.41) is 9.67. The number of carbonyl (C=O) groups is 1. The molecule has 33 heavy (non-hydrogen) atoms. The topological polar surface area (TPSA) is 124 Å². The minimum absolute atomic E-state index is 0.0296. The third-order valence-corrected chi connectivity index (χ3v) is 5.62. The number of nitrogen functional groups attached to an aromatic ring is 1. The molecule has 1 fully saturated rings. The normalized spacial score (nSPS) is 13.9. The molecule has 1 aliphatic carbocycles. The van der Waals surface area contributed by atoms with Gasteiger partial charge in [-0.1, -0.05) is 32.0 Å². The third-order valence-electron chi connectivity index (χ3n) is 5.62. The number of nitrogens with one attached hydrogen (secondary N) is 2. The highest BCUT2D eigenvalue weighted by atomic mass is 19.1. The number of halogens is 1. The maximum absolute atomic E-state index is 14.9. The summed E-state index contributed by atoms with van der Waals surface area (Å²) in [6, 6.07) is 5.97. The first kappa shape index (κ1) is 20.9. The Balaban J connectivity index is 1.38. The first-order valence-corrected chi connectivity index (χ1v) is 10.7. The van der Waals surface area contributed by atoms with Crippen molar-refractivity contribution >= 4 is 34.5 Å². The second-order valence-corrected chi connectivity index (χ2v) is 9.24. The molecule has 0 spiro atoms. The van der Waals surface area contributed by atoms with Gasteiger partial charge in [-0.3, -0.25) is 5.32 Å². The second-order valence-electron chi connectivity index (χ2n) is 9.24. The molecule has 0 bridgehead atoms. The molecule has 10 heteroatoms. The fraction of sp³-hybridized carbons (Fsp3) is 0.304. The van der Waals surface area contributed by atoms with Gasteiger partial charge in [-0.2, -0.15) is 0 Å². The van der Waals surface area contributed by atoms with E-state index in [4.69, 9.17) is 10.3 Å². The maximum atomic E-state index is 14.9. The molecular weight excluding hydrogens is 425 g/mol. The van der Waals surface area contributed by atoms with Crippen molar-refractivity contribution in [1.29, 1.82) is 0 Å². The number of amides is 2. The van der Waals surface area contributed by atoms with Gasteiger partial charge < -0.3 is 20.1 Å². The van der Waals surface area contributed by atoms with Gasteiger partial charge in [0.25, 0.3) is 0 Å². The van der Waals surface area contributed by atoms with Gasteiger partial charge in [-0.25, -0.2) is 19.2 Å². The van der Waals surface area contributed by atoms with Crippen molar-refractivity contribution < 1.29 is 13.7 Å². The second kappa shape index (κ2) is 7.58. The Morgan fingerprint density at radius 3 is 2.67 bits per heavy atom. The summed E-state index contributed by atoms with van der Waals surface area (Å²) in [7, 11) is 0. The highest BCUT2D eigenvalue weighted by molar-refractivity contribution is 6.02. The van der Waals surface area contributed by atoms with Crippen LogP contribution in [0.15, 0.2) is 41.3 Å². The van der Waals surface area contributed by atoms with Gasteiger partial charge in [0.2, 0.25) is 5.88 Å². The average Bonchev–Trinajstić information content (AvgIpc) is 3.34.